The third-order valence-electron chi connectivity index (χ3n) is 9.99. The zero-order valence-corrected chi connectivity index (χ0v) is 29.1. The van der Waals surface area contributed by atoms with Gasteiger partial charge in [0.15, 0.2) is 11.6 Å². The Bertz CT molecular complexity index is 1730. The molecule has 2 saturated heterocycles. The fourth-order valence-corrected chi connectivity index (χ4v) is 7.02. The van der Waals surface area contributed by atoms with Gasteiger partial charge in [-0.25, -0.2) is 0 Å². The van der Waals surface area contributed by atoms with E-state index in [9.17, 15) is 50.4 Å². The molecule has 0 saturated carbocycles. The monoisotopic (exact) mass is 744 g/mol. The summed E-state index contributed by atoms with van der Waals surface area (Å²) >= 11 is 0. The van der Waals surface area contributed by atoms with Gasteiger partial charge in [0.2, 0.25) is 0 Å². The summed E-state index contributed by atoms with van der Waals surface area (Å²) in [5, 5.41) is 90.6. The Kier molecular flexibility index (Phi) is 11.9. The quantitative estimate of drug-likeness (QED) is 0.0948. The van der Waals surface area contributed by atoms with E-state index in [4.69, 9.17) is 9.47 Å². The maximum atomic E-state index is 13.4. The van der Waals surface area contributed by atoms with Crippen LogP contribution in [0.4, 0.5) is 0 Å². The Hall–Kier alpha value is -4.58. The number of hydrogen-bond acceptors (Lipinski definition) is 12. The van der Waals surface area contributed by atoms with E-state index < -0.39 is 85.3 Å². The summed E-state index contributed by atoms with van der Waals surface area (Å²) in [5.41, 5.74) is 2.95. The van der Waals surface area contributed by atoms with Crippen molar-refractivity contribution in [2.24, 2.45) is 0 Å². The van der Waals surface area contributed by atoms with Crippen LogP contribution in [0.3, 0.4) is 0 Å². The molecule has 286 valence electrons. The highest BCUT2D eigenvalue weighted by atomic mass is 16.7. The molecule has 14 heteroatoms. The summed E-state index contributed by atoms with van der Waals surface area (Å²) in [5.74, 6) is -5.67. The van der Waals surface area contributed by atoms with E-state index in [1.807, 2.05) is 0 Å². The van der Waals surface area contributed by atoms with Crippen LogP contribution >= 0.6 is 0 Å². The highest BCUT2D eigenvalue weighted by Crippen LogP contribution is 2.33. The lowest BCUT2D eigenvalue weighted by molar-refractivity contribution is -0.317. The van der Waals surface area contributed by atoms with Crippen molar-refractivity contribution in [2.75, 3.05) is 13.2 Å². The van der Waals surface area contributed by atoms with Crippen molar-refractivity contribution in [3.05, 3.63) is 131 Å². The second kappa shape index (κ2) is 16.4. The van der Waals surface area contributed by atoms with Gasteiger partial charge in [-0.15, -0.1) is 0 Å². The highest BCUT2D eigenvalue weighted by Gasteiger charge is 2.55. The van der Waals surface area contributed by atoms with Crippen LogP contribution in [-0.2, 0) is 22.3 Å². The van der Waals surface area contributed by atoms with Gasteiger partial charge in [0, 0.05) is 24.0 Å². The summed E-state index contributed by atoms with van der Waals surface area (Å²) in [6, 6.07) is 27.3. The molecule has 2 fully saturated rings. The lowest BCUT2D eigenvalue weighted by Crippen LogP contribution is -2.71. The Balaban J connectivity index is 1.14. The number of carbonyl (C=O) groups is 2. The van der Waals surface area contributed by atoms with Gasteiger partial charge in [0.25, 0.3) is 11.8 Å². The Morgan fingerprint density at radius 1 is 0.519 bits per heavy atom. The van der Waals surface area contributed by atoms with E-state index in [0.717, 1.165) is 0 Å². The largest absolute Gasteiger partial charge is 0.394 e. The molecule has 2 amide bonds. The van der Waals surface area contributed by atoms with Crippen LogP contribution < -0.4 is 10.6 Å². The Labute approximate surface area is 310 Å². The summed E-state index contributed by atoms with van der Waals surface area (Å²) < 4.78 is 11.3. The van der Waals surface area contributed by atoms with Crippen LogP contribution in [0.2, 0.25) is 0 Å². The number of carbonyl (C=O) groups excluding carboxylic acids is 2. The van der Waals surface area contributed by atoms with E-state index in [1.165, 1.54) is 24.3 Å². The molecule has 14 nitrogen and oxygen atoms in total. The van der Waals surface area contributed by atoms with Crippen LogP contribution in [0.5, 0.6) is 0 Å². The predicted octanol–water partition coefficient (Wildman–Crippen LogP) is -0.361. The lowest BCUT2D eigenvalue weighted by Gasteiger charge is -2.48. The summed E-state index contributed by atoms with van der Waals surface area (Å²) in [4.78, 5) is 26.8. The molecule has 4 aromatic rings. The fraction of sp³-hybridized carbons (Fsp3) is 0.350. The van der Waals surface area contributed by atoms with Gasteiger partial charge in [-0.3, -0.25) is 9.59 Å². The van der Waals surface area contributed by atoms with E-state index in [-0.39, 0.29) is 24.0 Å². The number of aliphatic hydroxyl groups is 8. The van der Waals surface area contributed by atoms with Crippen molar-refractivity contribution in [2.45, 2.75) is 73.1 Å². The van der Waals surface area contributed by atoms with Gasteiger partial charge in [-0.1, -0.05) is 84.9 Å². The third kappa shape index (κ3) is 8.23. The topological polar surface area (TPSA) is 238 Å². The molecule has 0 unspecified atom stereocenters. The van der Waals surface area contributed by atoms with E-state index in [0.29, 0.717) is 22.3 Å². The molecule has 54 heavy (non-hydrogen) atoms. The van der Waals surface area contributed by atoms with Crippen LogP contribution in [0.15, 0.2) is 109 Å². The third-order valence-corrected chi connectivity index (χ3v) is 9.99. The molecule has 4 aromatic carbocycles. The lowest BCUT2D eigenvalue weighted by atomic mass is 9.86. The van der Waals surface area contributed by atoms with Crippen molar-refractivity contribution in [1.29, 1.82) is 0 Å². The number of amides is 2. The molecule has 10 N–H and O–H groups in total. The van der Waals surface area contributed by atoms with Crippen LogP contribution in [0.1, 0.15) is 31.8 Å². The molecule has 2 heterocycles. The SMILES string of the molecule is O=C(N[C@@H]1[C@@H](O)[C@H](O)[C@@H](CO)O[C@@]1(O)Cc1ccccc1)c1ccc(-c2ccc(C(=O)N[C@@H]3[C@@H](O)[C@H](O)[C@@H](CO)O[C@@]3(O)Cc3ccccc3)cc2)cc1. The summed E-state index contributed by atoms with van der Waals surface area (Å²) in [6.07, 6.45) is -9.39. The number of ether oxygens (including phenoxy) is 2. The molecular formula is C40H44N2O12. The first-order valence-corrected chi connectivity index (χ1v) is 17.5. The van der Waals surface area contributed by atoms with Crippen molar-refractivity contribution >= 4 is 11.8 Å². The zero-order chi connectivity index (χ0) is 38.6. The molecule has 10 atom stereocenters. The van der Waals surface area contributed by atoms with Gasteiger partial charge in [0.05, 0.1) is 13.2 Å². The number of benzene rings is 4. The molecule has 0 bridgehead atoms. The molecule has 0 spiro atoms. The summed E-state index contributed by atoms with van der Waals surface area (Å²) in [6.45, 7) is -1.34. The van der Waals surface area contributed by atoms with E-state index in [1.54, 1.807) is 84.9 Å². The second-order valence-corrected chi connectivity index (χ2v) is 13.7. The highest BCUT2D eigenvalue weighted by molar-refractivity contribution is 5.96. The second-order valence-electron chi connectivity index (χ2n) is 13.7. The van der Waals surface area contributed by atoms with Crippen molar-refractivity contribution in [3.8, 4) is 11.1 Å². The van der Waals surface area contributed by atoms with Gasteiger partial charge >= 0.3 is 0 Å². The van der Waals surface area contributed by atoms with Crippen molar-refractivity contribution in [3.63, 3.8) is 0 Å². The Morgan fingerprint density at radius 2 is 0.852 bits per heavy atom. The number of hydrogen-bond donors (Lipinski definition) is 10. The van der Waals surface area contributed by atoms with Gasteiger partial charge in [-0.05, 0) is 46.5 Å². The van der Waals surface area contributed by atoms with E-state index >= 15 is 0 Å². The van der Waals surface area contributed by atoms with Crippen molar-refractivity contribution < 1.29 is 59.9 Å². The summed E-state index contributed by atoms with van der Waals surface area (Å²) in [7, 11) is 0. The number of aliphatic hydroxyl groups excluding tert-OH is 6. The predicted molar refractivity (Wildman–Crippen MR) is 193 cm³/mol. The molecular weight excluding hydrogens is 700 g/mol. The molecule has 2 aliphatic rings. The normalized spacial score (nSPS) is 31.0. The van der Waals surface area contributed by atoms with Gasteiger partial charge in [0.1, 0.15) is 48.7 Å². The maximum Gasteiger partial charge on any atom is 0.251 e. The minimum atomic E-state index is -2.17. The zero-order valence-electron chi connectivity index (χ0n) is 29.1. The van der Waals surface area contributed by atoms with Crippen molar-refractivity contribution in [1.82, 2.24) is 10.6 Å². The number of rotatable bonds is 11. The van der Waals surface area contributed by atoms with Crippen LogP contribution in [-0.4, -0.2) is 126 Å². The molecule has 0 radical (unpaired) electrons. The maximum absolute atomic E-state index is 13.4. The minimum absolute atomic E-state index is 0.151. The fourth-order valence-electron chi connectivity index (χ4n) is 7.02. The molecule has 0 aromatic heterocycles. The molecule has 0 aliphatic carbocycles. The Morgan fingerprint density at radius 3 is 1.17 bits per heavy atom. The van der Waals surface area contributed by atoms with Gasteiger partial charge in [-0.2, -0.15) is 0 Å². The molecule has 2 aliphatic heterocycles. The average Bonchev–Trinajstić information content (AvgIpc) is 3.18. The standard InChI is InChI=1S/C40H44N2O12/c43-21-29-31(45)33(47)35(39(51,53-29)19-23-7-3-1-4-8-23)41-37(49)27-15-11-25(12-16-27)26-13-17-28(18-14-26)38(50)42-36-34(48)32(46)30(22-44)54-40(36,52)20-24-9-5-2-6-10-24/h1-18,29-36,43-48,51-52H,19-22H2,(H,41,49)(H,42,50)/t29-,30-,31-,32-,33+,34+,35-,36-,39+,40+/m1/s1. The van der Waals surface area contributed by atoms with Crippen LogP contribution in [0.25, 0.3) is 11.1 Å². The minimum Gasteiger partial charge on any atom is -0.394 e. The first-order chi connectivity index (χ1) is 25.9. The first kappa shape index (κ1) is 39.1. The van der Waals surface area contributed by atoms with Gasteiger partial charge < -0.3 is 61.0 Å². The molecule has 6 rings (SSSR count). The number of nitrogens with one attached hydrogen (secondary N) is 2. The smallest absolute Gasteiger partial charge is 0.251 e. The van der Waals surface area contributed by atoms with Crippen LogP contribution in [0, 0.1) is 0 Å². The first-order valence-electron chi connectivity index (χ1n) is 17.5. The van der Waals surface area contributed by atoms with E-state index in [2.05, 4.69) is 10.6 Å². The average molecular weight is 745 g/mol.